The van der Waals surface area contributed by atoms with E-state index in [-0.39, 0.29) is 0 Å². The van der Waals surface area contributed by atoms with Crippen molar-refractivity contribution in [2.45, 2.75) is 19.4 Å². The molecule has 0 N–H and O–H groups in total. The first kappa shape index (κ1) is 14.6. The molecule has 1 aromatic carbocycles. The molecular formula is C18H19N3OS. The second-order valence-electron chi connectivity index (χ2n) is 5.91. The molecule has 118 valence electrons. The van der Waals surface area contributed by atoms with E-state index in [0.717, 1.165) is 43.7 Å². The van der Waals surface area contributed by atoms with Crippen LogP contribution in [0.15, 0.2) is 36.0 Å². The minimum Gasteiger partial charge on any atom is -0.495 e. The van der Waals surface area contributed by atoms with Crippen LogP contribution in [0, 0.1) is 0 Å². The highest BCUT2D eigenvalue weighted by Gasteiger charge is 2.16. The average molecular weight is 325 g/mol. The fraction of sp³-hybridized carbons (Fsp3) is 0.333. The van der Waals surface area contributed by atoms with Crippen LogP contribution in [0.25, 0.3) is 10.2 Å². The molecule has 3 aromatic rings. The number of nitrogens with zero attached hydrogens (tertiary/aromatic N) is 3. The van der Waals surface area contributed by atoms with E-state index in [4.69, 9.17) is 4.74 Å². The topological polar surface area (TPSA) is 38.2 Å². The van der Waals surface area contributed by atoms with Crippen LogP contribution >= 0.6 is 11.3 Å². The number of hydrogen-bond donors (Lipinski definition) is 0. The van der Waals surface area contributed by atoms with Crippen molar-refractivity contribution in [3.8, 4) is 5.75 Å². The van der Waals surface area contributed by atoms with Crippen molar-refractivity contribution < 1.29 is 4.74 Å². The van der Waals surface area contributed by atoms with Crippen molar-refractivity contribution in [3.63, 3.8) is 0 Å². The fourth-order valence-electron chi connectivity index (χ4n) is 3.14. The Morgan fingerprint density at radius 2 is 2.09 bits per heavy atom. The number of methoxy groups -OCH3 is 1. The maximum Gasteiger partial charge on any atom is 0.137 e. The van der Waals surface area contributed by atoms with Gasteiger partial charge < -0.3 is 4.74 Å². The molecule has 0 amide bonds. The van der Waals surface area contributed by atoms with E-state index >= 15 is 0 Å². The monoisotopic (exact) mass is 325 g/mol. The van der Waals surface area contributed by atoms with Crippen LogP contribution in [0.1, 0.15) is 16.8 Å². The maximum atomic E-state index is 5.29. The van der Waals surface area contributed by atoms with Crippen LogP contribution in [-0.2, 0) is 19.4 Å². The van der Waals surface area contributed by atoms with Crippen LogP contribution in [0.4, 0.5) is 0 Å². The van der Waals surface area contributed by atoms with Crippen LogP contribution in [-0.4, -0.2) is 35.1 Å². The van der Waals surface area contributed by atoms with Crippen molar-refractivity contribution in [1.82, 2.24) is 14.9 Å². The highest BCUT2D eigenvalue weighted by Crippen LogP contribution is 2.22. The SMILES string of the molecule is COc1cnc2c(c1)CCN(Cc1ccc3scnc3c1)CC2. The number of hydrogen-bond acceptors (Lipinski definition) is 5. The third-order valence-corrected chi connectivity index (χ3v) is 5.24. The molecule has 1 aliphatic rings. The predicted molar refractivity (Wildman–Crippen MR) is 93.1 cm³/mol. The molecule has 3 heterocycles. The summed E-state index contributed by atoms with van der Waals surface area (Å²) in [4.78, 5) is 11.5. The Balaban J connectivity index is 1.49. The fourth-order valence-corrected chi connectivity index (χ4v) is 3.80. The summed E-state index contributed by atoms with van der Waals surface area (Å²) in [5.74, 6) is 0.853. The van der Waals surface area contributed by atoms with E-state index in [0.29, 0.717) is 0 Å². The van der Waals surface area contributed by atoms with Gasteiger partial charge in [0.25, 0.3) is 0 Å². The van der Waals surface area contributed by atoms with Gasteiger partial charge in [-0.05, 0) is 35.7 Å². The van der Waals surface area contributed by atoms with Gasteiger partial charge in [-0.25, -0.2) is 4.98 Å². The van der Waals surface area contributed by atoms with E-state index < -0.39 is 0 Å². The van der Waals surface area contributed by atoms with Crippen LogP contribution < -0.4 is 4.74 Å². The van der Waals surface area contributed by atoms with Crippen LogP contribution in [0.5, 0.6) is 5.75 Å². The lowest BCUT2D eigenvalue weighted by atomic mass is 10.1. The largest absolute Gasteiger partial charge is 0.495 e. The lowest BCUT2D eigenvalue weighted by Gasteiger charge is -2.19. The molecule has 23 heavy (non-hydrogen) atoms. The summed E-state index contributed by atoms with van der Waals surface area (Å²) in [6, 6.07) is 8.75. The summed E-state index contributed by atoms with van der Waals surface area (Å²) in [7, 11) is 1.70. The second kappa shape index (κ2) is 6.26. The minimum absolute atomic E-state index is 0.853. The number of rotatable bonds is 3. The zero-order valence-electron chi connectivity index (χ0n) is 13.2. The van der Waals surface area contributed by atoms with Crippen molar-refractivity contribution in [3.05, 3.63) is 52.8 Å². The van der Waals surface area contributed by atoms with Gasteiger partial charge in [-0.2, -0.15) is 0 Å². The summed E-state index contributed by atoms with van der Waals surface area (Å²) in [6.45, 7) is 3.07. The minimum atomic E-state index is 0.853. The number of pyridine rings is 1. The van der Waals surface area contributed by atoms with Gasteiger partial charge in [-0.1, -0.05) is 6.07 Å². The number of benzene rings is 1. The number of thiazole rings is 1. The molecule has 0 fully saturated rings. The van der Waals surface area contributed by atoms with Gasteiger partial charge in [0.2, 0.25) is 0 Å². The zero-order valence-corrected chi connectivity index (χ0v) is 14.0. The Morgan fingerprint density at radius 3 is 3.00 bits per heavy atom. The van der Waals surface area contributed by atoms with Gasteiger partial charge in [-0.15, -0.1) is 11.3 Å². The Hall–Kier alpha value is -1.98. The standard InChI is InChI=1S/C18H19N3OS/c1-22-15-9-14-4-6-21(7-5-16(14)19-10-15)11-13-2-3-18-17(8-13)20-12-23-18/h2-3,8-10,12H,4-7,11H2,1H3. The van der Waals surface area contributed by atoms with Crippen LogP contribution in [0.3, 0.4) is 0 Å². The molecule has 0 saturated heterocycles. The number of fused-ring (bicyclic) bond motifs is 2. The summed E-state index contributed by atoms with van der Waals surface area (Å²) < 4.78 is 6.55. The molecule has 0 spiro atoms. The first-order valence-corrected chi connectivity index (χ1v) is 8.76. The van der Waals surface area contributed by atoms with Gasteiger partial charge in [0.15, 0.2) is 0 Å². The Bertz CT molecular complexity index is 830. The summed E-state index contributed by atoms with van der Waals surface area (Å²) in [5.41, 5.74) is 6.89. The van der Waals surface area contributed by atoms with Crippen molar-refractivity contribution >= 4 is 21.6 Å². The highest BCUT2D eigenvalue weighted by atomic mass is 32.1. The molecule has 0 bridgehead atoms. The van der Waals surface area contributed by atoms with Gasteiger partial charge in [-0.3, -0.25) is 9.88 Å². The van der Waals surface area contributed by atoms with Gasteiger partial charge in [0.05, 0.1) is 29.0 Å². The normalized spacial score (nSPS) is 15.3. The molecule has 4 nitrogen and oxygen atoms in total. The third-order valence-electron chi connectivity index (χ3n) is 4.43. The molecular weight excluding hydrogens is 306 g/mol. The molecule has 0 unspecified atom stereocenters. The molecule has 0 radical (unpaired) electrons. The quantitative estimate of drug-likeness (QED) is 0.740. The molecule has 0 atom stereocenters. The molecule has 4 rings (SSSR count). The highest BCUT2D eigenvalue weighted by molar-refractivity contribution is 7.16. The molecule has 0 saturated carbocycles. The Labute approximate surface area is 139 Å². The zero-order chi connectivity index (χ0) is 15.6. The van der Waals surface area contributed by atoms with E-state index in [9.17, 15) is 0 Å². The number of aromatic nitrogens is 2. The molecule has 2 aromatic heterocycles. The number of ether oxygens (including phenoxy) is 1. The third kappa shape index (κ3) is 3.07. The Kier molecular flexibility index (Phi) is 3.97. The van der Waals surface area contributed by atoms with E-state index in [2.05, 4.69) is 39.1 Å². The van der Waals surface area contributed by atoms with Gasteiger partial charge in [0, 0.05) is 31.7 Å². The second-order valence-corrected chi connectivity index (χ2v) is 6.80. The lowest BCUT2D eigenvalue weighted by molar-refractivity contribution is 0.279. The average Bonchev–Trinajstić information content (AvgIpc) is 2.96. The molecule has 5 heteroatoms. The predicted octanol–water partition coefficient (Wildman–Crippen LogP) is 3.30. The maximum absolute atomic E-state index is 5.29. The van der Waals surface area contributed by atoms with Gasteiger partial charge >= 0.3 is 0 Å². The Morgan fingerprint density at radius 1 is 1.17 bits per heavy atom. The van der Waals surface area contributed by atoms with Crippen molar-refractivity contribution in [2.75, 3.05) is 20.2 Å². The summed E-state index contributed by atoms with van der Waals surface area (Å²) in [5, 5.41) is 0. The first-order chi connectivity index (χ1) is 11.3. The van der Waals surface area contributed by atoms with E-state index in [1.54, 1.807) is 18.4 Å². The lowest BCUT2D eigenvalue weighted by Crippen LogP contribution is -2.25. The van der Waals surface area contributed by atoms with E-state index in [1.165, 1.54) is 21.5 Å². The van der Waals surface area contributed by atoms with Gasteiger partial charge in [0.1, 0.15) is 5.75 Å². The molecule has 1 aliphatic heterocycles. The summed E-state index contributed by atoms with van der Waals surface area (Å²) >= 11 is 1.70. The van der Waals surface area contributed by atoms with Crippen molar-refractivity contribution in [1.29, 1.82) is 0 Å². The van der Waals surface area contributed by atoms with Crippen molar-refractivity contribution in [2.24, 2.45) is 0 Å². The smallest absolute Gasteiger partial charge is 0.137 e. The molecule has 0 aliphatic carbocycles. The first-order valence-electron chi connectivity index (χ1n) is 7.88. The van der Waals surface area contributed by atoms with E-state index in [1.807, 2.05) is 11.7 Å². The van der Waals surface area contributed by atoms with Crippen LogP contribution in [0.2, 0.25) is 0 Å². The summed E-state index contributed by atoms with van der Waals surface area (Å²) in [6.07, 6.45) is 3.85.